The Morgan fingerprint density at radius 1 is 1.07 bits per heavy atom. The summed E-state index contributed by atoms with van der Waals surface area (Å²) in [6.07, 6.45) is 8.44. The molecule has 1 amide bonds. The van der Waals surface area contributed by atoms with Crippen molar-refractivity contribution in [2.75, 3.05) is 6.61 Å². The highest BCUT2D eigenvalue weighted by atomic mass is 16.5. The van der Waals surface area contributed by atoms with Gasteiger partial charge in [-0.2, -0.15) is 0 Å². The number of hydrogen-bond donors (Lipinski definition) is 1. The van der Waals surface area contributed by atoms with Gasteiger partial charge in [-0.05, 0) is 54.4 Å². The zero-order chi connectivity index (χ0) is 19.5. The van der Waals surface area contributed by atoms with Crippen LogP contribution >= 0.6 is 0 Å². The molecular formula is C24H31NO2. The van der Waals surface area contributed by atoms with Crippen molar-refractivity contribution >= 4 is 12.0 Å². The van der Waals surface area contributed by atoms with Gasteiger partial charge in [-0.15, -0.1) is 0 Å². The van der Waals surface area contributed by atoms with Crippen molar-refractivity contribution in [3.05, 3.63) is 71.3 Å². The Bertz CT molecular complexity index is 750. The Hall–Kier alpha value is -2.55. The lowest BCUT2D eigenvalue weighted by molar-refractivity contribution is -0.117. The maximum absolute atomic E-state index is 11.0. The molecule has 0 fully saturated rings. The number of nitrogens with two attached hydrogens (primary N) is 1. The van der Waals surface area contributed by atoms with E-state index in [0.717, 1.165) is 30.6 Å². The number of aryl methyl sites for hydroxylation is 1. The summed E-state index contributed by atoms with van der Waals surface area (Å²) in [5.41, 5.74) is 8.99. The van der Waals surface area contributed by atoms with Crippen LogP contribution in [0, 0.1) is 5.92 Å². The molecule has 3 nitrogen and oxygen atoms in total. The molecule has 0 aromatic heterocycles. The molecule has 2 aromatic carbocycles. The summed E-state index contributed by atoms with van der Waals surface area (Å²) in [6, 6.07) is 16.5. The fourth-order valence-corrected chi connectivity index (χ4v) is 3.03. The first-order valence-electron chi connectivity index (χ1n) is 9.79. The summed E-state index contributed by atoms with van der Waals surface area (Å²) in [7, 11) is 0. The van der Waals surface area contributed by atoms with Crippen molar-refractivity contribution in [1.29, 1.82) is 0 Å². The average Bonchev–Trinajstić information content (AvgIpc) is 2.64. The van der Waals surface area contributed by atoms with Gasteiger partial charge in [-0.25, -0.2) is 0 Å². The summed E-state index contributed by atoms with van der Waals surface area (Å²) in [6.45, 7) is 5.16. The predicted octanol–water partition coefficient (Wildman–Crippen LogP) is 5.18. The van der Waals surface area contributed by atoms with Crippen molar-refractivity contribution in [3.63, 3.8) is 0 Å². The van der Waals surface area contributed by atoms with Gasteiger partial charge in [0.2, 0.25) is 5.91 Å². The Balaban J connectivity index is 1.80. The Kier molecular flexibility index (Phi) is 8.63. The molecule has 0 aliphatic heterocycles. The standard InChI is InChI=1S/C24H31NO2/c1-19(2)18-22-13-6-5-11-20(22)10-4-3-9-17-27-23-14-8-7-12-21(23)15-16-24(25)26/h4-8,10-14,19H,3,9,15-18H2,1-2H3,(H2,25,26). The van der Waals surface area contributed by atoms with Gasteiger partial charge in [-0.3, -0.25) is 4.79 Å². The maximum atomic E-state index is 11.0. The number of benzene rings is 2. The summed E-state index contributed by atoms with van der Waals surface area (Å²) in [5, 5.41) is 0. The average molecular weight is 366 g/mol. The van der Waals surface area contributed by atoms with E-state index in [-0.39, 0.29) is 5.91 Å². The van der Waals surface area contributed by atoms with E-state index in [1.54, 1.807) is 0 Å². The van der Waals surface area contributed by atoms with Gasteiger partial charge in [0.05, 0.1) is 6.61 Å². The van der Waals surface area contributed by atoms with Crippen molar-refractivity contribution in [2.24, 2.45) is 11.7 Å². The third-order valence-electron chi connectivity index (χ3n) is 4.37. The van der Waals surface area contributed by atoms with Gasteiger partial charge < -0.3 is 10.5 Å². The molecule has 0 aliphatic rings. The smallest absolute Gasteiger partial charge is 0.217 e. The molecule has 144 valence electrons. The van der Waals surface area contributed by atoms with Crippen LogP contribution in [-0.4, -0.2) is 12.5 Å². The summed E-state index contributed by atoms with van der Waals surface area (Å²) >= 11 is 0. The number of amides is 1. The zero-order valence-electron chi connectivity index (χ0n) is 16.5. The number of para-hydroxylation sites is 1. The molecule has 2 N–H and O–H groups in total. The van der Waals surface area contributed by atoms with Crippen molar-refractivity contribution < 1.29 is 9.53 Å². The Labute approximate surface area is 163 Å². The fraction of sp³-hybridized carbons (Fsp3) is 0.375. The van der Waals surface area contributed by atoms with Crippen LogP contribution in [0.25, 0.3) is 6.08 Å². The number of carbonyl (C=O) groups is 1. The highest BCUT2D eigenvalue weighted by molar-refractivity contribution is 5.74. The van der Waals surface area contributed by atoms with Gasteiger partial charge in [-0.1, -0.05) is 68.5 Å². The van der Waals surface area contributed by atoms with Crippen molar-refractivity contribution in [3.8, 4) is 5.75 Å². The van der Waals surface area contributed by atoms with Crippen molar-refractivity contribution in [1.82, 2.24) is 0 Å². The molecule has 0 heterocycles. The third kappa shape index (κ3) is 7.69. The lowest BCUT2D eigenvalue weighted by atomic mass is 9.97. The molecule has 0 unspecified atom stereocenters. The first kappa shape index (κ1) is 20.8. The Morgan fingerprint density at radius 2 is 1.78 bits per heavy atom. The monoisotopic (exact) mass is 365 g/mol. The second-order valence-electron chi connectivity index (χ2n) is 7.26. The van der Waals surface area contributed by atoms with Gasteiger partial charge in [0.25, 0.3) is 0 Å². The topological polar surface area (TPSA) is 52.3 Å². The molecule has 2 rings (SSSR count). The van der Waals surface area contributed by atoms with E-state index in [9.17, 15) is 4.79 Å². The molecule has 27 heavy (non-hydrogen) atoms. The van der Waals surface area contributed by atoms with Crippen LogP contribution in [0.15, 0.2) is 54.6 Å². The van der Waals surface area contributed by atoms with E-state index in [1.807, 2.05) is 24.3 Å². The molecule has 0 spiro atoms. The largest absolute Gasteiger partial charge is 0.493 e. The van der Waals surface area contributed by atoms with E-state index in [0.29, 0.717) is 25.4 Å². The van der Waals surface area contributed by atoms with Crippen LogP contribution in [0.3, 0.4) is 0 Å². The molecular weight excluding hydrogens is 334 g/mol. The molecule has 0 bridgehead atoms. The van der Waals surface area contributed by atoms with Crippen LogP contribution in [0.5, 0.6) is 5.75 Å². The minimum absolute atomic E-state index is 0.285. The van der Waals surface area contributed by atoms with E-state index in [4.69, 9.17) is 10.5 Å². The van der Waals surface area contributed by atoms with Crippen LogP contribution in [-0.2, 0) is 17.6 Å². The molecule has 2 aromatic rings. The lowest BCUT2D eigenvalue weighted by Gasteiger charge is -2.10. The van der Waals surface area contributed by atoms with Gasteiger partial charge >= 0.3 is 0 Å². The first-order valence-corrected chi connectivity index (χ1v) is 9.79. The quantitative estimate of drug-likeness (QED) is 0.558. The van der Waals surface area contributed by atoms with Crippen LogP contribution in [0.1, 0.15) is 49.8 Å². The second-order valence-corrected chi connectivity index (χ2v) is 7.26. The van der Waals surface area contributed by atoms with E-state index < -0.39 is 0 Å². The van der Waals surface area contributed by atoms with Gasteiger partial charge in [0, 0.05) is 6.42 Å². The van der Waals surface area contributed by atoms with Gasteiger partial charge in [0.1, 0.15) is 5.75 Å². The lowest BCUT2D eigenvalue weighted by Crippen LogP contribution is -2.11. The van der Waals surface area contributed by atoms with E-state index >= 15 is 0 Å². The first-order chi connectivity index (χ1) is 13.1. The highest BCUT2D eigenvalue weighted by Crippen LogP contribution is 2.20. The molecule has 0 aliphatic carbocycles. The van der Waals surface area contributed by atoms with Crippen LogP contribution in [0.4, 0.5) is 0 Å². The number of ether oxygens (including phenoxy) is 1. The van der Waals surface area contributed by atoms with Crippen LogP contribution in [0.2, 0.25) is 0 Å². The molecule has 0 saturated heterocycles. The third-order valence-corrected chi connectivity index (χ3v) is 4.37. The zero-order valence-corrected chi connectivity index (χ0v) is 16.5. The number of primary amides is 1. The Morgan fingerprint density at radius 3 is 2.52 bits per heavy atom. The van der Waals surface area contributed by atoms with E-state index in [2.05, 4.69) is 50.3 Å². The van der Waals surface area contributed by atoms with E-state index in [1.165, 1.54) is 11.1 Å². The molecule has 0 atom stereocenters. The number of carbonyl (C=O) groups excluding carboxylic acids is 1. The number of hydrogen-bond acceptors (Lipinski definition) is 2. The highest BCUT2D eigenvalue weighted by Gasteiger charge is 2.05. The normalized spacial score (nSPS) is 11.2. The fourth-order valence-electron chi connectivity index (χ4n) is 3.03. The van der Waals surface area contributed by atoms with Crippen LogP contribution < -0.4 is 10.5 Å². The predicted molar refractivity (Wildman–Crippen MR) is 113 cm³/mol. The van der Waals surface area contributed by atoms with Crippen molar-refractivity contribution in [2.45, 2.75) is 46.0 Å². The minimum Gasteiger partial charge on any atom is -0.493 e. The summed E-state index contributed by atoms with van der Waals surface area (Å²) in [5.74, 6) is 1.22. The molecule has 3 heteroatoms. The SMILES string of the molecule is CC(C)Cc1ccccc1C=CCCCOc1ccccc1CCC(N)=O. The maximum Gasteiger partial charge on any atom is 0.217 e. The molecule has 0 radical (unpaired) electrons. The number of allylic oxidation sites excluding steroid dienone is 1. The molecule has 0 saturated carbocycles. The summed E-state index contributed by atoms with van der Waals surface area (Å²) < 4.78 is 5.91. The minimum atomic E-state index is -0.285. The number of rotatable bonds is 11. The van der Waals surface area contributed by atoms with Gasteiger partial charge in [0.15, 0.2) is 0 Å². The summed E-state index contributed by atoms with van der Waals surface area (Å²) in [4.78, 5) is 11.0. The number of unbranched alkanes of at least 4 members (excludes halogenated alkanes) is 1. The second kappa shape index (κ2) is 11.2.